The van der Waals surface area contributed by atoms with Crippen molar-refractivity contribution >= 4 is 33.4 Å². The first kappa shape index (κ1) is 29.2. The van der Waals surface area contributed by atoms with Crippen LogP contribution in [0, 0.1) is 5.92 Å². The predicted molar refractivity (Wildman–Crippen MR) is 157 cm³/mol. The van der Waals surface area contributed by atoms with Crippen LogP contribution < -0.4 is 10.0 Å². The number of amides is 1. The van der Waals surface area contributed by atoms with Crippen LogP contribution in [-0.4, -0.2) is 43.3 Å². The van der Waals surface area contributed by atoms with E-state index in [4.69, 9.17) is 0 Å². The monoisotopic (exact) mass is 551 g/mol. The van der Waals surface area contributed by atoms with E-state index in [-0.39, 0.29) is 29.7 Å². The average Bonchev–Trinajstić information content (AvgIpc) is 3.21. The van der Waals surface area contributed by atoms with Crippen molar-refractivity contribution in [3.8, 4) is 11.1 Å². The smallest absolute Gasteiger partial charge is 0.268 e. The third-order valence-electron chi connectivity index (χ3n) is 7.13. The number of Topliss-reactive ketones (excluding diaryl/α,β-unsaturated/α-hetero) is 1. The van der Waals surface area contributed by atoms with Gasteiger partial charge in [-0.25, -0.2) is 8.93 Å². The molecule has 0 aliphatic heterocycles. The third kappa shape index (κ3) is 6.68. The van der Waals surface area contributed by atoms with Gasteiger partial charge in [0, 0.05) is 30.6 Å². The quantitative estimate of drug-likeness (QED) is 0.321. The van der Waals surface area contributed by atoms with Gasteiger partial charge in [-0.2, -0.15) is 0 Å². The molecule has 4 rings (SSSR count). The van der Waals surface area contributed by atoms with E-state index in [9.17, 15) is 18.9 Å². The Morgan fingerprint density at radius 1 is 0.974 bits per heavy atom. The van der Waals surface area contributed by atoms with Crippen molar-refractivity contribution < 1.29 is 18.9 Å². The van der Waals surface area contributed by atoms with Crippen molar-refractivity contribution in [2.75, 3.05) is 6.54 Å². The summed E-state index contributed by atoms with van der Waals surface area (Å²) in [6.07, 6.45) is 4.89. The molecular formula is C31H41N3O4S. The molecule has 8 heteroatoms. The van der Waals surface area contributed by atoms with Crippen LogP contribution in [0.2, 0.25) is 0 Å². The Morgan fingerprint density at radius 3 is 2.23 bits per heavy atom. The van der Waals surface area contributed by atoms with Crippen LogP contribution in [0.3, 0.4) is 0 Å². The molecule has 1 aliphatic rings. The molecule has 1 atom stereocenters. The molecule has 1 aliphatic carbocycles. The second kappa shape index (κ2) is 11.4. The summed E-state index contributed by atoms with van der Waals surface area (Å²) in [5.41, 5.74) is 0.987. The van der Waals surface area contributed by atoms with Crippen molar-refractivity contribution in [3.63, 3.8) is 0 Å². The highest BCUT2D eigenvalue weighted by molar-refractivity contribution is 7.83. The molecule has 3 aromatic rings. The SMILES string of the molecule is Cn1c(C(=O)NCC(C)(C)O)cc(-c2ccc(S(=O)NC(C)(C)C)c3ccccc23)c1C(=O)C1CCCCC1. The summed E-state index contributed by atoms with van der Waals surface area (Å²) in [7, 11) is 0.324. The summed E-state index contributed by atoms with van der Waals surface area (Å²) in [5, 5.41) is 14.6. The number of hydrogen-bond donors (Lipinski definition) is 3. The molecule has 1 amide bonds. The van der Waals surface area contributed by atoms with E-state index in [2.05, 4.69) is 10.0 Å². The van der Waals surface area contributed by atoms with Gasteiger partial charge in [0.2, 0.25) is 0 Å². The highest BCUT2D eigenvalue weighted by Crippen LogP contribution is 2.38. The molecule has 0 saturated heterocycles. The van der Waals surface area contributed by atoms with Crippen LogP contribution in [-0.2, 0) is 18.0 Å². The van der Waals surface area contributed by atoms with E-state index in [1.807, 2.05) is 57.2 Å². The number of nitrogens with zero attached hydrogens (tertiary/aromatic N) is 1. The standard InChI is InChI=1S/C31H41N3O4S/c1-30(2,3)33-39(38)26-17-16-22(21-14-10-11-15-23(21)26)24-18-25(29(36)32-19-31(4,5)37)34(6)27(24)28(35)20-12-8-7-9-13-20/h10-11,14-18,20,33,37H,7-9,12-13,19H2,1-6H3,(H,32,36). The van der Waals surface area contributed by atoms with Crippen molar-refractivity contribution in [3.05, 3.63) is 53.9 Å². The summed E-state index contributed by atoms with van der Waals surface area (Å²) in [5.74, 6) is -0.368. The topological polar surface area (TPSA) is 100 Å². The number of aliphatic hydroxyl groups is 1. The Morgan fingerprint density at radius 2 is 1.62 bits per heavy atom. The molecule has 0 bridgehead atoms. The van der Waals surface area contributed by atoms with Gasteiger partial charge in [-0.3, -0.25) is 9.59 Å². The van der Waals surface area contributed by atoms with Gasteiger partial charge in [-0.15, -0.1) is 0 Å². The second-order valence-electron chi connectivity index (χ2n) is 12.3. The number of benzene rings is 2. The molecule has 0 radical (unpaired) electrons. The number of fused-ring (bicyclic) bond motifs is 1. The van der Waals surface area contributed by atoms with Crippen LogP contribution >= 0.6 is 0 Å². The maximum absolute atomic E-state index is 14.0. The molecule has 1 unspecified atom stereocenters. The minimum atomic E-state index is -1.44. The molecule has 39 heavy (non-hydrogen) atoms. The molecule has 1 aromatic heterocycles. The Balaban J connectivity index is 1.87. The molecule has 7 nitrogen and oxygen atoms in total. The Kier molecular flexibility index (Phi) is 8.50. The summed E-state index contributed by atoms with van der Waals surface area (Å²) < 4.78 is 18.1. The second-order valence-corrected chi connectivity index (χ2v) is 13.5. The zero-order valence-electron chi connectivity index (χ0n) is 23.9. The van der Waals surface area contributed by atoms with E-state index in [0.717, 1.165) is 48.4 Å². The predicted octanol–water partition coefficient (Wildman–Crippen LogP) is 5.52. The van der Waals surface area contributed by atoms with Crippen LogP contribution in [0.15, 0.2) is 47.4 Å². The lowest BCUT2D eigenvalue weighted by molar-refractivity contribution is 0.0689. The minimum Gasteiger partial charge on any atom is -0.389 e. The van der Waals surface area contributed by atoms with Gasteiger partial charge in [0.15, 0.2) is 5.78 Å². The van der Waals surface area contributed by atoms with E-state index in [1.54, 1.807) is 31.5 Å². The number of nitrogens with one attached hydrogen (secondary N) is 2. The molecule has 3 N–H and O–H groups in total. The summed E-state index contributed by atoms with van der Waals surface area (Å²) in [6, 6.07) is 13.3. The molecular weight excluding hydrogens is 510 g/mol. The van der Waals surface area contributed by atoms with Gasteiger partial charge in [0.05, 0.1) is 16.2 Å². The number of hydrogen-bond acceptors (Lipinski definition) is 4. The van der Waals surface area contributed by atoms with E-state index in [0.29, 0.717) is 21.8 Å². The van der Waals surface area contributed by atoms with Gasteiger partial charge in [0.25, 0.3) is 5.91 Å². The fourth-order valence-electron chi connectivity index (χ4n) is 5.27. The number of rotatable bonds is 8. The fourth-order valence-corrected chi connectivity index (χ4v) is 6.51. The molecule has 2 aromatic carbocycles. The van der Waals surface area contributed by atoms with Crippen molar-refractivity contribution in [2.24, 2.45) is 13.0 Å². The lowest BCUT2D eigenvalue weighted by Gasteiger charge is -2.22. The van der Waals surface area contributed by atoms with Crippen molar-refractivity contribution in [1.82, 2.24) is 14.6 Å². The van der Waals surface area contributed by atoms with Crippen LogP contribution in [0.1, 0.15) is 87.7 Å². The average molecular weight is 552 g/mol. The normalized spacial score (nSPS) is 15.9. The molecule has 1 fully saturated rings. The van der Waals surface area contributed by atoms with Gasteiger partial charge in [-0.1, -0.05) is 49.6 Å². The Bertz CT molecular complexity index is 1410. The zero-order chi connectivity index (χ0) is 28.5. The van der Waals surface area contributed by atoms with Gasteiger partial charge in [0.1, 0.15) is 16.7 Å². The van der Waals surface area contributed by atoms with Crippen molar-refractivity contribution in [1.29, 1.82) is 0 Å². The zero-order valence-corrected chi connectivity index (χ0v) is 24.7. The van der Waals surface area contributed by atoms with Crippen LogP contribution in [0.5, 0.6) is 0 Å². The van der Waals surface area contributed by atoms with E-state index < -0.39 is 16.6 Å². The van der Waals surface area contributed by atoms with E-state index >= 15 is 0 Å². The number of carbonyl (C=O) groups is 2. The number of carbonyl (C=O) groups excluding carboxylic acids is 2. The van der Waals surface area contributed by atoms with Crippen molar-refractivity contribution in [2.45, 2.75) is 82.8 Å². The van der Waals surface area contributed by atoms with E-state index in [1.165, 1.54) is 0 Å². The minimum absolute atomic E-state index is 0.0554. The first-order valence-electron chi connectivity index (χ1n) is 13.7. The maximum atomic E-state index is 14.0. The summed E-state index contributed by atoms with van der Waals surface area (Å²) >= 11 is 0. The number of aromatic nitrogens is 1. The molecule has 1 saturated carbocycles. The molecule has 0 spiro atoms. The first-order valence-corrected chi connectivity index (χ1v) is 14.9. The van der Waals surface area contributed by atoms with Crippen LogP contribution in [0.4, 0.5) is 0 Å². The summed E-state index contributed by atoms with van der Waals surface area (Å²) in [4.78, 5) is 27.9. The maximum Gasteiger partial charge on any atom is 0.268 e. The lowest BCUT2D eigenvalue weighted by atomic mass is 9.84. The first-order chi connectivity index (χ1) is 18.3. The van der Waals surface area contributed by atoms with Gasteiger partial charge < -0.3 is 15.0 Å². The Hall–Kier alpha value is -2.81. The third-order valence-corrected chi connectivity index (χ3v) is 8.68. The largest absolute Gasteiger partial charge is 0.389 e. The molecule has 1 heterocycles. The summed E-state index contributed by atoms with van der Waals surface area (Å²) in [6.45, 7) is 9.27. The molecule has 210 valence electrons. The highest BCUT2D eigenvalue weighted by atomic mass is 32.2. The Labute approximate surface area is 234 Å². The van der Waals surface area contributed by atoms with Gasteiger partial charge in [-0.05, 0) is 75.9 Å². The highest BCUT2D eigenvalue weighted by Gasteiger charge is 2.31. The number of ketones is 1. The van der Waals surface area contributed by atoms with Gasteiger partial charge >= 0.3 is 0 Å². The lowest BCUT2D eigenvalue weighted by Crippen LogP contribution is -2.38. The van der Waals surface area contributed by atoms with Crippen LogP contribution in [0.25, 0.3) is 21.9 Å². The fraction of sp³-hybridized carbons (Fsp3) is 0.484.